The number of carbonyl (C=O) groups excluding carboxylic acids is 3. The summed E-state index contributed by atoms with van der Waals surface area (Å²) in [7, 11) is 2.12. The topological polar surface area (TPSA) is 168 Å². The van der Waals surface area contributed by atoms with Crippen molar-refractivity contribution in [3.8, 4) is 0 Å². The maximum absolute atomic E-state index is 11.9. The Kier molecular flexibility index (Phi) is 7.74. The summed E-state index contributed by atoms with van der Waals surface area (Å²) in [4.78, 5) is 55.6. The van der Waals surface area contributed by atoms with Gasteiger partial charge in [0.2, 0.25) is 0 Å². The number of nitrogens with one attached hydrogen (secondary N) is 1. The van der Waals surface area contributed by atoms with Gasteiger partial charge < -0.3 is 14.8 Å². The highest BCUT2D eigenvalue weighted by atomic mass is 16.6. The maximum Gasteiger partial charge on any atom is 0.354 e. The van der Waals surface area contributed by atoms with Crippen molar-refractivity contribution >= 4 is 29.1 Å². The van der Waals surface area contributed by atoms with Crippen LogP contribution in [0.15, 0.2) is 30.0 Å². The summed E-state index contributed by atoms with van der Waals surface area (Å²) >= 11 is 0. The fourth-order valence-electron chi connectivity index (χ4n) is 2.26. The highest BCUT2D eigenvalue weighted by Crippen LogP contribution is 2.31. The summed E-state index contributed by atoms with van der Waals surface area (Å²) in [6.45, 7) is 1.22. The molecule has 28 heavy (non-hydrogen) atoms. The Balaban J connectivity index is 3.49. The molecule has 0 aliphatic heterocycles. The van der Waals surface area contributed by atoms with Gasteiger partial charge in [0, 0.05) is 12.5 Å². The number of nitrogens with zero attached hydrogens (tertiary/aromatic N) is 2. The lowest BCUT2D eigenvalue weighted by Gasteiger charge is -2.20. The number of hydrogen-bond donors (Lipinski definition) is 1. The predicted molar refractivity (Wildman–Crippen MR) is 93.0 cm³/mol. The molecule has 0 aromatic heterocycles. The largest absolute Gasteiger partial charge is 0.466 e. The zero-order valence-corrected chi connectivity index (χ0v) is 15.2. The summed E-state index contributed by atoms with van der Waals surface area (Å²) in [5.41, 5.74) is -1.65. The van der Waals surface area contributed by atoms with E-state index in [1.54, 1.807) is 0 Å². The van der Waals surface area contributed by atoms with Crippen LogP contribution in [0.1, 0.15) is 24.9 Å². The van der Waals surface area contributed by atoms with Crippen molar-refractivity contribution in [1.82, 2.24) is 5.32 Å². The van der Waals surface area contributed by atoms with Crippen molar-refractivity contribution in [3.05, 3.63) is 55.8 Å². The third-order valence-corrected chi connectivity index (χ3v) is 3.49. The Morgan fingerprint density at radius 3 is 2.25 bits per heavy atom. The first-order chi connectivity index (χ1) is 13.1. The van der Waals surface area contributed by atoms with Crippen LogP contribution >= 0.6 is 0 Å². The SMILES string of the molecule is COC(=O)/C=C(\NC(CC(C)=O)c1ccc([N+](=O)[O-])cc1[N+](=O)[O-])C(=O)OC. The second-order valence-corrected chi connectivity index (χ2v) is 5.43. The fourth-order valence-corrected chi connectivity index (χ4v) is 2.26. The van der Waals surface area contributed by atoms with Crippen LogP contribution in [0.25, 0.3) is 0 Å². The zero-order valence-electron chi connectivity index (χ0n) is 15.2. The summed E-state index contributed by atoms with van der Waals surface area (Å²) in [6, 6.07) is 1.73. The van der Waals surface area contributed by atoms with E-state index in [-0.39, 0.29) is 12.0 Å². The summed E-state index contributed by atoms with van der Waals surface area (Å²) in [5.74, 6) is -2.29. The second-order valence-electron chi connectivity index (χ2n) is 5.43. The normalized spacial score (nSPS) is 11.9. The Labute approximate surface area is 158 Å². The number of benzene rings is 1. The summed E-state index contributed by atoms with van der Waals surface area (Å²) in [6.07, 6.45) is 0.449. The van der Waals surface area contributed by atoms with Gasteiger partial charge >= 0.3 is 11.9 Å². The monoisotopic (exact) mass is 395 g/mol. The molecule has 0 amide bonds. The van der Waals surface area contributed by atoms with E-state index in [0.29, 0.717) is 0 Å². The summed E-state index contributed by atoms with van der Waals surface area (Å²) in [5, 5.41) is 24.8. The number of methoxy groups -OCH3 is 2. The average Bonchev–Trinajstić information content (AvgIpc) is 2.64. The van der Waals surface area contributed by atoms with E-state index in [1.165, 1.54) is 6.92 Å². The predicted octanol–water partition coefficient (Wildman–Crippen LogP) is 1.34. The van der Waals surface area contributed by atoms with Crippen LogP contribution < -0.4 is 5.32 Å². The Morgan fingerprint density at radius 1 is 1.14 bits per heavy atom. The lowest BCUT2D eigenvalue weighted by molar-refractivity contribution is -0.394. The fraction of sp³-hybridized carbons (Fsp3) is 0.312. The number of hydrogen-bond acceptors (Lipinski definition) is 10. The molecule has 1 rings (SSSR count). The van der Waals surface area contributed by atoms with Crippen LogP contribution in [0.3, 0.4) is 0 Å². The molecule has 0 aliphatic carbocycles. The minimum atomic E-state index is -1.14. The summed E-state index contributed by atoms with van der Waals surface area (Å²) < 4.78 is 8.98. The number of carbonyl (C=O) groups is 3. The first-order valence-corrected chi connectivity index (χ1v) is 7.67. The number of Topliss-reactive ketones (excluding diaryl/α,β-unsaturated/α-hetero) is 1. The lowest BCUT2D eigenvalue weighted by Crippen LogP contribution is -2.29. The third kappa shape index (κ3) is 5.86. The molecule has 0 bridgehead atoms. The molecule has 0 fully saturated rings. The van der Waals surface area contributed by atoms with Crippen molar-refractivity contribution in [2.75, 3.05) is 14.2 Å². The maximum atomic E-state index is 11.9. The highest BCUT2D eigenvalue weighted by Gasteiger charge is 2.28. The van der Waals surface area contributed by atoms with Crippen LogP contribution in [0.5, 0.6) is 0 Å². The van der Waals surface area contributed by atoms with Gasteiger partial charge in [-0.3, -0.25) is 25.0 Å². The van der Waals surface area contributed by atoms with Crippen LogP contribution in [0.2, 0.25) is 0 Å². The highest BCUT2D eigenvalue weighted by molar-refractivity contribution is 5.96. The van der Waals surface area contributed by atoms with Crippen LogP contribution in [0, 0.1) is 20.2 Å². The van der Waals surface area contributed by atoms with Crippen LogP contribution in [0.4, 0.5) is 11.4 Å². The molecular weight excluding hydrogens is 378 g/mol. The van der Waals surface area contributed by atoms with E-state index in [9.17, 15) is 34.6 Å². The van der Waals surface area contributed by atoms with Crippen molar-refractivity contribution < 1.29 is 33.7 Å². The first kappa shape index (κ1) is 22.2. The van der Waals surface area contributed by atoms with Gasteiger partial charge in [0.25, 0.3) is 11.4 Å². The molecule has 12 heteroatoms. The van der Waals surface area contributed by atoms with Gasteiger partial charge in [0.05, 0.1) is 47.8 Å². The zero-order chi connectivity index (χ0) is 21.4. The van der Waals surface area contributed by atoms with E-state index in [2.05, 4.69) is 14.8 Å². The molecular formula is C16H17N3O9. The first-order valence-electron chi connectivity index (χ1n) is 7.67. The minimum absolute atomic E-state index is 0.0922. The van der Waals surface area contributed by atoms with Crippen molar-refractivity contribution in [2.45, 2.75) is 19.4 Å². The number of nitro groups is 2. The minimum Gasteiger partial charge on any atom is -0.466 e. The van der Waals surface area contributed by atoms with Gasteiger partial charge in [0.15, 0.2) is 0 Å². The van der Waals surface area contributed by atoms with E-state index in [0.717, 1.165) is 38.5 Å². The molecule has 0 radical (unpaired) electrons. The molecule has 0 saturated heterocycles. The smallest absolute Gasteiger partial charge is 0.354 e. The molecule has 1 aromatic rings. The molecule has 0 aliphatic rings. The van der Waals surface area contributed by atoms with Gasteiger partial charge in [-0.1, -0.05) is 0 Å². The van der Waals surface area contributed by atoms with Crippen molar-refractivity contribution in [2.24, 2.45) is 0 Å². The van der Waals surface area contributed by atoms with Crippen molar-refractivity contribution in [3.63, 3.8) is 0 Å². The van der Waals surface area contributed by atoms with Crippen LogP contribution in [-0.4, -0.2) is 41.8 Å². The molecule has 12 nitrogen and oxygen atoms in total. The second kappa shape index (κ2) is 9.75. The molecule has 0 heterocycles. The Morgan fingerprint density at radius 2 is 1.79 bits per heavy atom. The van der Waals surface area contributed by atoms with Crippen molar-refractivity contribution in [1.29, 1.82) is 0 Å². The van der Waals surface area contributed by atoms with Gasteiger partial charge in [0.1, 0.15) is 11.5 Å². The number of nitro benzene ring substituents is 2. The van der Waals surface area contributed by atoms with E-state index in [1.807, 2.05) is 0 Å². The molecule has 0 saturated carbocycles. The van der Waals surface area contributed by atoms with E-state index < -0.39 is 50.7 Å². The Bertz CT molecular complexity index is 848. The molecule has 1 aromatic carbocycles. The number of ketones is 1. The third-order valence-electron chi connectivity index (χ3n) is 3.49. The number of non-ortho nitro benzene ring substituents is 1. The molecule has 1 unspecified atom stereocenters. The molecule has 1 N–H and O–H groups in total. The quantitative estimate of drug-likeness (QED) is 0.279. The number of rotatable bonds is 9. The average molecular weight is 395 g/mol. The molecule has 150 valence electrons. The number of ether oxygens (including phenoxy) is 2. The standard InChI is InChI=1S/C16H17N3O9/c1-9(20)6-12(17-13(16(22)28-3)8-15(21)27-2)11-5-4-10(18(23)24)7-14(11)19(25)26/h4-5,7-8,12,17H,6H2,1-3H3/b13-8-. The van der Waals surface area contributed by atoms with Gasteiger partial charge in [-0.25, -0.2) is 9.59 Å². The number of esters is 2. The Hall–Kier alpha value is -3.83. The van der Waals surface area contributed by atoms with E-state index >= 15 is 0 Å². The van der Waals surface area contributed by atoms with Gasteiger partial charge in [-0.15, -0.1) is 0 Å². The van der Waals surface area contributed by atoms with Gasteiger partial charge in [-0.2, -0.15) is 0 Å². The van der Waals surface area contributed by atoms with Crippen LogP contribution in [-0.2, 0) is 23.9 Å². The molecule has 1 atom stereocenters. The van der Waals surface area contributed by atoms with Gasteiger partial charge in [-0.05, 0) is 13.0 Å². The molecule has 0 spiro atoms. The lowest BCUT2D eigenvalue weighted by atomic mass is 9.99. The van der Waals surface area contributed by atoms with E-state index in [4.69, 9.17) is 0 Å².